The Bertz CT molecular complexity index is 530. The first-order chi connectivity index (χ1) is 11.6. The van der Waals surface area contributed by atoms with Gasteiger partial charge in [0, 0.05) is 19.6 Å². The minimum absolute atomic E-state index is 0. The van der Waals surface area contributed by atoms with E-state index < -0.39 is 0 Å². The Balaban J connectivity index is 0.00000312. The van der Waals surface area contributed by atoms with Gasteiger partial charge in [0.2, 0.25) is 5.89 Å². The predicted molar refractivity (Wildman–Crippen MR) is 114 cm³/mol. The molecule has 0 aromatic carbocycles. The maximum Gasteiger partial charge on any atom is 0.208 e. The SMILES string of the molecule is C=CCNC(=NCC1CCN(Cc2nc(C)c(C)o2)CC1)NCC.I. The van der Waals surface area contributed by atoms with E-state index in [2.05, 4.69) is 34.0 Å². The van der Waals surface area contributed by atoms with Gasteiger partial charge in [-0.05, 0) is 52.6 Å². The van der Waals surface area contributed by atoms with Crippen molar-refractivity contribution in [3.8, 4) is 0 Å². The van der Waals surface area contributed by atoms with E-state index in [0.29, 0.717) is 5.92 Å². The first kappa shape index (κ1) is 22.0. The number of nitrogens with one attached hydrogen (secondary N) is 2. The van der Waals surface area contributed by atoms with Gasteiger partial charge in [0.15, 0.2) is 5.96 Å². The summed E-state index contributed by atoms with van der Waals surface area (Å²) >= 11 is 0. The number of oxazole rings is 1. The minimum atomic E-state index is 0. The molecule has 1 aromatic heterocycles. The second-order valence-corrected chi connectivity index (χ2v) is 6.36. The molecule has 142 valence electrons. The predicted octanol–water partition coefficient (Wildman–Crippen LogP) is 2.86. The summed E-state index contributed by atoms with van der Waals surface area (Å²) in [5, 5.41) is 6.51. The van der Waals surface area contributed by atoms with Crippen molar-refractivity contribution in [3.63, 3.8) is 0 Å². The van der Waals surface area contributed by atoms with Gasteiger partial charge < -0.3 is 15.1 Å². The molecule has 0 bridgehead atoms. The van der Waals surface area contributed by atoms with Crippen LogP contribution in [0.2, 0.25) is 0 Å². The van der Waals surface area contributed by atoms with E-state index in [1.807, 2.05) is 19.9 Å². The number of hydrogen-bond acceptors (Lipinski definition) is 4. The Morgan fingerprint density at radius 1 is 1.36 bits per heavy atom. The largest absolute Gasteiger partial charge is 0.444 e. The standard InChI is InChI=1S/C18H31N5O.HI/c1-5-9-20-18(19-6-2)21-12-16-7-10-23(11-8-16)13-17-22-14(3)15(4)24-17;/h5,16H,1,6-13H2,2-4H3,(H2,19,20,21);1H. The summed E-state index contributed by atoms with van der Waals surface area (Å²) in [5.41, 5.74) is 0.997. The average Bonchev–Trinajstić information content (AvgIpc) is 2.89. The fourth-order valence-electron chi connectivity index (χ4n) is 2.86. The Morgan fingerprint density at radius 2 is 2.08 bits per heavy atom. The van der Waals surface area contributed by atoms with Gasteiger partial charge in [0.25, 0.3) is 0 Å². The normalized spacial score (nSPS) is 16.4. The Hall–Kier alpha value is -1.09. The Labute approximate surface area is 168 Å². The van der Waals surface area contributed by atoms with Crippen LogP contribution in [-0.2, 0) is 6.54 Å². The molecule has 1 aliphatic rings. The lowest BCUT2D eigenvalue weighted by atomic mass is 9.97. The molecule has 2 heterocycles. The zero-order valence-electron chi connectivity index (χ0n) is 15.7. The van der Waals surface area contributed by atoms with Crippen molar-refractivity contribution in [1.29, 1.82) is 0 Å². The van der Waals surface area contributed by atoms with Crippen LogP contribution < -0.4 is 10.6 Å². The summed E-state index contributed by atoms with van der Waals surface area (Å²) in [6.07, 6.45) is 4.18. The second-order valence-electron chi connectivity index (χ2n) is 6.36. The lowest BCUT2D eigenvalue weighted by molar-refractivity contribution is 0.166. The molecule has 0 amide bonds. The highest BCUT2D eigenvalue weighted by Crippen LogP contribution is 2.20. The lowest BCUT2D eigenvalue weighted by Crippen LogP contribution is -2.38. The molecule has 0 radical (unpaired) electrons. The highest BCUT2D eigenvalue weighted by atomic mass is 127. The summed E-state index contributed by atoms with van der Waals surface area (Å²) in [5.74, 6) is 3.29. The monoisotopic (exact) mass is 461 g/mol. The fraction of sp³-hybridized carbons (Fsp3) is 0.667. The number of piperidine rings is 1. The number of likely N-dealkylation sites (tertiary alicyclic amines) is 1. The highest BCUT2D eigenvalue weighted by Gasteiger charge is 2.20. The van der Waals surface area contributed by atoms with Gasteiger partial charge in [0.05, 0.1) is 12.2 Å². The van der Waals surface area contributed by atoms with Crippen LogP contribution in [0.4, 0.5) is 0 Å². The van der Waals surface area contributed by atoms with Crippen LogP contribution in [0.1, 0.15) is 37.1 Å². The summed E-state index contributed by atoms with van der Waals surface area (Å²) < 4.78 is 5.69. The molecule has 1 saturated heterocycles. The summed E-state index contributed by atoms with van der Waals surface area (Å²) in [7, 11) is 0. The number of hydrogen-bond donors (Lipinski definition) is 2. The van der Waals surface area contributed by atoms with Crippen LogP contribution in [-0.4, -0.2) is 48.6 Å². The zero-order chi connectivity index (χ0) is 17.4. The summed E-state index contributed by atoms with van der Waals surface area (Å²) in [6, 6.07) is 0. The third kappa shape index (κ3) is 7.35. The molecule has 1 fully saturated rings. The molecular weight excluding hydrogens is 429 g/mol. The maximum atomic E-state index is 5.69. The van der Waals surface area contributed by atoms with Gasteiger partial charge in [-0.1, -0.05) is 6.08 Å². The first-order valence-corrected chi connectivity index (χ1v) is 8.90. The lowest BCUT2D eigenvalue weighted by Gasteiger charge is -2.30. The van der Waals surface area contributed by atoms with E-state index in [4.69, 9.17) is 9.41 Å². The summed E-state index contributed by atoms with van der Waals surface area (Å²) in [4.78, 5) is 11.6. The second kappa shape index (κ2) is 11.5. The molecule has 7 heteroatoms. The van der Waals surface area contributed by atoms with Crippen LogP contribution in [0.15, 0.2) is 22.1 Å². The molecule has 1 aromatic rings. The van der Waals surface area contributed by atoms with E-state index in [1.54, 1.807) is 0 Å². The number of aryl methyl sites for hydroxylation is 2. The number of aromatic nitrogens is 1. The molecule has 1 aliphatic heterocycles. The molecule has 0 unspecified atom stereocenters. The van der Waals surface area contributed by atoms with Crippen molar-refractivity contribution >= 4 is 29.9 Å². The highest BCUT2D eigenvalue weighted by molar-refractivity contribution is 14.0. The van der Waals surface area contributed by atoms with Gasteiger partial charge in [-0.15, -0.1) is 30.6 Å². The summed E-state index contributed by atoms with van der Waals surface area (Å²) in [6.45, 7) is 15.2. The van der Waals surface area contributed by atoms with Gasteiger partial charge in [-0.3, -0.25) is 9.89 Å². The smallest absolute Gasteiger partial charge is 0.208 e. The molecular formula is C18H32IN5O. The van der Waals surface area contributed by atoms with Crippen molar-refractivity contribution in [3.05, 3.63) is 30.0 Å². The van der Waals surface area contributed by atoms with E-state index in [9.17, 15) is 0 Å². The molecule has 0 saturated carbocycles. The van der Waals surface area contributed by atoms with Crippen LogP contribution in [0.25, 0.3) is 0 Å². The molecule has 6 nitrogen and oxygen atoms in total. The van der Waals surface area contributed by atoms with Crippen molar-refractivity contribution < 1.29 is 4.42 Å². The van der Waals surface area contributed by atoms with E-state index in [1.165, 1.54) is 12.8 Å². The quantitative estimate of drug-likeness (QED) is 0.283. The van der Waals surface area contributed by atoms with Crippen molar-refractivity contribution in [1.82, 2.24) is 20.5 Å². The van der Waals surface area contributed by atoms with Gasteiger partial charge in [0.1, 0.15) is 5.76 Å². The number of rotatable bonds is 7. The van der Waals surface area contributed by atoms with Crippen molar-refractivity contribution in [2.75, 3.05) is 32.7 Å². The molecule has 2 rings (SSSR count). The fourth-order valence-corrected chi connectivity index (χ4v) is 2.86. The zero-order valence-corrected chi connectivity index (χ0v) is 18.0. The topological polar surface area (TPSA) is 65.7 Å². The Morgan fingerprint density at radius 3 is 2.64 bits per heavy atom. The van der Waals surface area contributed by atoms with Crippen molar-refractivity contribution in [2.24, 2.45) is 10.9 Å². The Kier molecular flexibility index (Phi) is 10.1. The molecule has 25 heavy (non-hydrogen) atoms. The van der Waals surface area contributed by atoms with Gasteiger partial charge in [-0.2, -0.15) is 0 Å². The van der Waals surface area contributed by atoms with E-state index in [-0.39, 0.29) is 24.0 Å². The molecule has 0 atom stereocenters. The van der Waals surface area contributed by atoms with Crippen LogP contribution >= 0.6 is 24.0 Å². The van der Waals surface area contributed by atoms with E-state index in [0.717, 1.165) is 62.6 Å². The van der Waals surface area contributed by atoms with E-state index >= 15 is 0 Å². The van der Waals surface area contributed by atoms with Gasteiger partial charge >= 0.3 is 0 Å². The van der Waals surface area contributed by atoms with Crippen LogP contribution in [0.5, 0.6) is 0 Å². The van der Waals surface area contributed by atoms with Gasteiger partial charge in [-0.25, -0.2) is 4.98 Å². The number of halogens is 1. The molecule has 0 spiro atoms. The average molecular weight is 461 g/mol. The number of aliphatic imine (C=N–C) groups is 1. The van der Waals surface area contributed by atoms with Crippen LogP contribution in [0, 0.1) is 19.8 Å². The minimum Gasteiger partial charge on any atom is -0.444 e. The first-order valence-electron chi connectivity index (χ1n) is 8.90. The third-order valence-electron chi connectivity index (χ3n) is 4.40. The maximum absolute atomic E-state index is 5.69. The van der Waals surface area contributed by atoms with Crippen molar-refractivity contribution in [2.45, 2.75) is 40.2 Å². The third-order valence-corrected chi connectivity index (χ3v) is 4.40. The number of guanidine groups is 1. The van der Waals surface area contributed by atoms with Crippen LogP contribution in [0.3, 0.4) is 0 Å². The molecule has 2 N–H and O–H groups in total. The number of nitrogens with zero attached hydrogens (tertiary/aromatic N) is 3. The molecule has 0 aliphatic carbocycles.